The quantitative estimate of drug-likeness (QED) is 0.580. The summed E-state index contributed by atoms with van der Waals surface area (Å²) in [4.78, 5) is 24.0. The maximum absolute atomic E-state index is 12.2. The number of ether oxygens (including phenoxy) is 2. The van der Waals surface area contributed by atoms with Gasteiger partial charge in [0, 0.05) is 0 Å². The zero-order valence-corrected chi connectivity index (χ0v) is 15.5. The SMILES string of the molecule is C=C[C@H](COCc1ccccc1)NC(=O)[C@H](CO)NC(=O)OC(C)(C)C. The number of nitrogens with one attached hydrogen (secondary N) is 2. The Morgan fingerprint density at radius 2 is 1.88 bits per heavy atom. The van der Waals surface area contributed by atoms with Crippen molar-refractivity contribution in [1.82, 2.24) is 10.6 Å². The molecular formula is C19H28N2O5. The standard InChI is InChI=1S/C19H28N2O5/c1-5-15(13-25-12-14-9-7-6-8-10-14)20-17(23)16(11-22)21-18(24)26-19(2,3)4/h5-10,15-16,22H,1,11-13H2,2-4H3,(H,20,23)(H,21,24)/t15-,16+/m1/s1. The average Bonchev–Trinajstić information content (AvgIpc) is 2.58. The van der Waals surface area contributed by atoms with Crippen molar-refractivity contribution in [2.24, 2.45) is 0 Å². The van der Waals surface area contributed by atoms with Crippen molar-refractivity contribution >= 4 is 12.0 Å². The Morgan fingerprint density at radius 3 is 2.42 bits per heavy atom. The van der Waals surface area contributed by atoms with Gasteiger partial charge in [-0.1, -0.05) is 36.4 Å². The number of carbonyl (C=O) groups excluding carboxylic acids is 2. The van der Waals surface area contributed by atoms with Crippen LogP contribution >= 0.6 is 0 Å². The third-order valence-electron chi connectivity index (χ3n) is 3.21. The second-order valence-electron chi connectivity index (χ2n) is 6.73. The lowest BCUT2D eigenvalue weighted by atomic mass is 10.2. The van der Waals surface area contributed by atoms with E-state index in [1.165, 1.54) is 6.08 Å². The first-order valence-corrected chi connectivity index (χ1v) is 8.40. The van der Waals surface area contributed by atoms with Gasteiger partial charge in [-0.2, -0.15) is 0 Å². The number of hydrogen-bond acceptors (Lipinski definition) is 5. The van der Waals surface area contributed by atoms with Gasteiger partial charge in [0.1, 0.15) is 11.6 Å². The van der Waals surface area contributed by atoms with Gasteiger partial charge >= 0.3 is 6.09 Å². The van der Waals surface area contributed by atoms with Crippen LogP contribution in [0.5, 0.6) is 0 Å². The summed E-state index contributed by atoms with van der Waals surface area (Å²) in [5, 5.41) is 14.4. The molecule has 0 spiro atoms. The minimum atomic E-state index is -1.12. The number of amides is 2. The summed E-state index contributed by atoms with van der Waals surface area (Å²) in [6.45, 7) is 8.85. The van der Waals surface area contributed by atoms with Crippen LogP contribution in [0.1, 0.15) is 26.3 Å². The fourth-order valence-corrected chi connectivity index (χ4v) is 1.97. The molecule has 26 heavy (non-hydrogen) atoms. The number of carbonyl (C=O) groups is 2. The maximum atomic E-state index is 12.2. The molecule has 0 unspecified atom stereocenters. The number of aliphatic hydroxyl groups excluding tert-OH is 1. The first-order valence-electron chi connectivity index (χ1n) is 8.40. The molecule has 7 nitrogen and oxygen atoms in total. The van der Waals surface area contributed by atoms with Crippen molar-refractivity contribution in [2.45, 2.75) is 45.1 Å². The number of alkyl carbamates (subject to hydrolysis) is 1. The van der Waals surface area contributed by atoms with Crippen LogP contribution in [0.25, 0.3) is 0 Å². The number of hydrogen-bond donors (Lipinski definition) is 3. The van der Waals surface area contributed by atoms with Crippen LogP contribution in [0.4, 0.5) is 4.79 Å². The molecule has 144 valence electrons. The van der Waals surface area contributed by atoms with E-state index in [0.29, 0.717) is 6.61 Å². The third-order valence-corrected chi connectivity index (χ3v) is 3.21. The fraction of sp³-hybridized carbons (Fsp3) is 0.474. The molecule has 1 aromatic carbocycles. The second kappa shape index (κ2) is 10.6. The lowest BCUT2D eigenvalue weighted by Gasteiger charge is -2.23. The summed E-state index contributed by atoms with van der Waals surface area (Å²) >= 11 is 0. The van der Waals surface area contributed by atoms with E-state index in [1.54, 1.807) is 20.8 Å². The molecule has 7 heteroatoms. The molecule has 0 heterocycles. The van der Waals surface area contributed by atoms with Crippen molar-refractivity contribution < 1.29 is 24.2 Å². The summed E-state index contributed by atoms with van der Waals surface area (Å²) in [5.74, 6) is -0.549. The highest BCUT2D eigenvalue weighted by Gasteiger charge is 2.24. The molecule has 0 aromatic heterocycles. The molecule has 1 rings (SSSR count). The van der Waals surface area contributed by atoms with E-state index >= 15 is 0 Å². The van der Waals surface area contributed by atoms with Gasteiger partial charge in [-0.3, -0.25) is 4.79 Å². The third kappa shape index (κ3) is 8.64. The highest BCUT2D eigenvalue weighted by atomic mass is 16.6. The van der Waals surface area contributed by atoms with Gasteiger partial charge in [0.05, 0.1) is 25.9 Å². The van der Waals surface area contributed by atoms with Crippen molar-refractivity contribution in [1.29, 1.82) is 0 Å². The second-order valence-corrected chi connectivity index (χ2v) is 6.73. The van der Waals surface area contributed by atoms with Gasteiger partial charge in [0.25, 0.3) is 0 Å². The Morgan fingerprint density at radius 1 is 1.23 bits per heavy atom. The minimum absolute atomic E-state index is 0.217. The molecule has 0 bridgehead atoms. The van der Waals surface area contributed by atoms with E-state index < -0.39 is 36.3 Å². The van der Waals surface area contributed by atoms with Crippen LogP contribution in [0, 0.1) is 0 Å². The van der Waals surface area contributed by atoms with Gasteiger partial charge in [0.15, 0.2) is 0 Å². The zero-order valence-electron chi connectivity index (χ0n) is 15.5. The lowest BCUT2D eigenvalue weighted by molar-refractivity contribution is -0.125. The predicted octanol–water partition coefficient (Wildman–Crippen LogP) is 1.76. The molecule has 0 saturated heterocycles. The summed E-state index contributed by atoms with van der Waals surface area (Å²) in [6.07, 6.45) is 0.757. The number of benzene rings is 1. The lowest BCUT2D eigenvalue weighted by Crippen LogP contribution is -2.52. The maximum Gasteiger partial charge on any atom is 0.408 e. The topological polar surface area (TPSA) is 96.9 Å². The fourth-order valence-electron chi connectivity index (χ4n) is 1.97. The summed E-state index contributed by atoms with van der Waals surface area (Å²) in [5.41, 5.74) is 0.316. The zero-order chi connectivity index (χ0) is 19.6. The highest BCUT2D eigenvalue weighted by Crippen LogP contribution is 2.07. The first kappa shape index (κ1) is 21.7. The molecule has 0 aliphatic rings. The monoisotopic (exact) mass is 364 g/mol. The molecule has 3 N–H and O–H groups in total. The number of rotatable bonds is 9. The van der Waals surface area contributed by atoms with Crippen LogP contribution < -0.4 is 10.6 Å². The van der Waals surface area contributed by atoms with E-state index in [4.69, 9.17) is 9.47 Å². The minimum Gasteiger partial charge on any atom is -0.444 e. The van der Waals surface area contributed by atoms with Crippen molar-refractivity contribution in [3.63, 3.8) is 0 Å². The molecule has 2 amide bonds. The largest absolute Gasteiger partial charge is 0.444 e. The molecule has 0 aliphatic heterocycles. The van der Waals surface area contributed by atoms with Crippen LogP contribution in [0.3, 0.4) is 0 Å². The Bertz CT molecular complexity index is 583. The van der Waals surface area contributed by atoms with E-state index in [9.17, 15) is 14.7 Å². The van der Waals surface area contributed by atoms with Gasteiger partial charge in [-0.15, -0.1) is 6.58 Å². The van der Waals surface area contributed by atoms with Gasteiger partial charge in [0.2, 0.25) is 5.91 Å². The summed E-state index contributed by atoms with van der Waals surface area (Å²) < 4.78 is 10.7. The average molecular weight is 364 g/mol. The van der Waals surface area contributed by atoms with Gasteiger partial charge in [-0.25, -0.2) is 4.79 Å². The Hall–Kier alpha value is -2.38. The molecule has 0 radical (unpaired) electrons. The van der Waals surface area contributed by atoms with Crippen LogP contribution in [-0.4, -0.2) is 48.0 Å². The van der Waals surface area contributed by atoms with E-state index in [-0.39, 0.29) is 6.61 Å². The molecular weight excluding hydrogens is 336 g/mol. The smallest absolute Gasteiger partial charge is 0.408 e. The molecule has 2 atom stereocenters. The summed E-state index contributed by atoms with van der Waals surface area (Å²) in [7, 11) is 0. The summed E-state index contributed by atoms with van der Waals surface area (Å²) in [6, 6.07) is 8.05. The van der Waals surface area contributed by atoms with Crippen molar-refractivity contribution in [2.75, 3.05) is 13.2 Å². The molecule has 0 fully saturated rings. The normalized spacial score (nSPS) is 13.4. The van der Waals surface area contributed by atoms with Gasteiger partial charge in [-0.05, 0) is 26.3 Å². The number of aliphatic hydroxyl groups is 1. The Balaban J connectivity index is 2.47. The Kier molecular flexibility index (Phi) is 8.81. The van der Waals surface area contributed by atoms with Crippen LogP contribution in [-0.2, 0) is 20.9 Å². The van der Waals surface area contributed by atoms with E-state index in [1.807, 2.05) is 30.3 Å². The molecule has 0 saturated carbocycles. The van der Waals surface area contributed by atoms with Crippen molar-refractivity contribution in [3.8, 4) is 0 Å². The van der Waals surface area contributed by atoms with E-state index in [0.717, 1.165) is 5.56 Å². The molecule has 1 aromatic rings. The first-order chi connectivity index (χ1) is 12.2. The van der Waals surface area contributed by atoms with E-state index in [2.05, 4.69) is 17.2 Å². The predicted molar refractivity (Wildman–Crippen MR) is 98.5 cm³/mol. The van der Waals surface area contributed by atoms with Crippen LogP contribution in [0.15, 0.2) is 43.0 Å². The van der Waals surface area contributed by atoms with Crippen LogP contribution in [0.2, 0.25) is 0 Å². The highest BCUT2D eigenvalue weighted by molar-refractivity contribution is 5.86. The van der Waals surface area contributed by atoms with Gasteiger partial charge < -0.3 is 25.2 Å². The molecule has 0 aliphatic carbocycles. The van der Waals surface area contributed by atoms with Crippen molar-refractivity contribution in [3.05, 3.63) is 48.6 Å². The Labute approximate surface area is 154 Å².